The maximum atomic E-state index is 11.1. The van der Waals surface area contributed by atoms with Crippen molar-refractivity contribution in [3.63, 3.8) is 0 Å². The minimum Gasteiger partial charge on any atom is -0.300 e. The summed E-state index contributed by atoms with van der Waals surface area (Å²) in [5.41, 5.74) is 0. The van der Waals surface area contributed by atoms with E-state index in [0.29, 0.717) is 5.78 Å². The highest BCUT2D eigenvalue weighted by molar-refractivity contribution is 5.80. The molecule has 68 valence electrons. The van der Waals surface area contributed by atoms with Gasteiger partial charge in [-0.25, -0.2) is 0 Å². The Labute approximate surface area is 74.5 Å². The number of rotatable bonds is 1. The van der Waals surface area contributed by atoms with E-state index in [1.54, 1.807) is 0 Å². The summed E-state index contributed by atoms with van der Waals surface area (Å²) in [5, 5.41) is 0. The van der Waals surface area contributed by atoms with Crippen LogP contribution in [0, 0.1) is 11.8 Å². The zero-order valence-electron chi connectivity index (χ0n) is 7.72. The maximum absolute atomic E-state index is 11.1. The summed E-state index contributed by atoms with van der Waals surface area (Å²) in [4.78, 5) is 11.1. The van der Waals surface area contributed by atoms with Gasteiger partial charge in [0.05, 0.1) is 0 Å². The molecule has 2 fully saturated rings. The lowest BCUT2D eigenvalue weighted by Gasteiger charge is -2.26. The smallest absolute Gasteiger partial charge is 0.133 e. The monoisotopic (exact) mass is 166 g/mol. The van der Waals surface area contributed by atoms with E-state index < -0.39 is 0 Å². The van der Waals surface area contributed by atoms with Gasteiger partial charge in [-0.15, -0.1) is 0 Å². The van der Waals surface area contributed by atoms with Crippen LogP contribution >= 0.6 is 0 Å². The van der Waals surface area contributed by atoms with E-state index in [9.17, 15) is 4.79 Å². The van der Waals surface area contributed by atoms with Crippen LogP contribution in [0.15, 0.2) is 0 Å². The fourth-order valence-corrected chi connectivity index (χ4v) is 2.85. The topological polar surface area (TPSA) is 17.1 Å². The SMILES string of the molecule is O=C1CC[C@H](C2CCCCC2)C1. The van der Waals surface area contributed by atoms with E-state index >= 15 is 0 Å². The molecule has 2 aliphatic rings. The molecular formula is C11H18O. The molecule has 12 heavy (non-hydrogen) atoms. The first kappa shape index (κ1) is 8.28. The summed E-state index contributed by atoms with van der Waals surface area (Å²) >= 11 is 0. The molecule has 0 radical (unpaired) electrons. The van der Waals surface area contributed by atoms with Crippen molar-refractivity contribution in [3.8, 4) is 0 Å². The largest absolute Gasteiger partial charge is 0.300 e. The second-order valence-electron chi connectivity index (χ2n) is 4.44. The fraction of sp³-hybridized carbons (Fsp3) is 0.909. The summed E-state index contributed by atoms with van der Waals surface area (Å²) in [5.74, 6) is 2.20. The van der Waals surface area contributed by atoms with Gasteiger partial charge < -0.3 is 0 Å². The normalized spacial score (nSPS) is 32.7. The maximum Gasteiger partial charge on any atom is 0.133 e. The molecule has 0 aromatic rings. The number of Topliss-reactive ketones (excluding diaryl/α,β-unsaturated/α-hetero) is 1. The molecule has 2 aliphatic carbocycles. The Balaban J connectivity index is 1.86. The summed E-state index contributed by atoms with van der Waals surface area (Å²) in [6, 6.07) is 0. The summed E-state index contributed by atoms with van der Waals surface area (Å²) in [6.07, 6.45) is 10.0. The van der Waals surface area contributed by atoms with Crippen LogP contribution in [0.2, 0.25) is 0 Å². The molecule has 0 aromatic heterocycles. The quantitative estimate of drug-likeness (QED) is 0.585. The first-order chi connectivity index (χ1) is 5.86. The second-order valence-corrected chi connectivity index (χ2v) is 4.44. The Bertz CT molecular complexity index is 168. The average Bonchev–Trinajstić information content (AvgIpc) is 2.54. The van der Waals surface area contributed by atoms with Crippen molar-refractivity contribution in [2.45, 2.75) is 51.4 Å². The van der Waals surface area contributed by atoms with Gasteiger partial charge in [0.15, 0.2) is 0 Å². The molecular weight excluding hydrogens is 148 g/mol. The molecule has 1 nitrogen and oxygen atoms in total. The van der Waals surface area contributed by atoms with E-state index in [4.69, 9.17) is 0 Å². The van der Waals surface area contributed by atoms with Crippen LogP contribution in [-0.2, 0) is 4.79 Å². The van der Waals surface area contributed by atoms with Crippen molar-refractivity contribution < 1.29 is 4.79 Å². The van der Waals surface area contributed by atoms with Gasteiger partial charge >= 0.3 is 0 Å². The third kappa shape index (κ3) is 1.70. The molecule has 0 spiro atoms. The molecule has 0 unspecified atom stereocenters. The molecule has 1 atom stereocenters. The van der Waals surface area contributed by atoms with Crippen molar-refractivity contribution in [1.82, 2.24) is 0 Å². The Kier molecular flexibility index (Phi) is 2.48. The van der Waals surface area contributed by atoms with E-state index in [0.717, 1.165) is 24.7 Å². The van der Waals surface area contributed by atoms with Gasteiger partial charge in [-0.3, -0.25) is 4.79 Å². The lowest BCUT2D eigenvalue weighted by Crippen LogP contribution is -2.15. The van der Waals surface area contributed by atoms with Gasteiger partial charge in [-0.05, 0) is 18.3 Å². The van der Waals surface area contributed by atoms with Gasteiger partial charge in [-0.2, -0.15) is 0 Å². The van der Waals surface area contributed by atoms with Crippen LogP contribution in [0.4, 0.5) is 0 Å². The predicted octanol–water partition coefficient (Wildman–Crippen LogP) is 2.94. The van der Waals surface area contributed by atoms with E-state index in [1.165, 1.54) is 38.5 Å². The van der Waals surface area contributed by atoms with E-state index in [2.05, 4.69) is 0 Å². The Morgan fingerprint density at radius 2 is 1.67 bits per heavy atom. The highest BCUT2D eigenvalue weighted by Gasteiger charge is 2.29. The van der Waals surface area contributed by atoms with Crippen LogP contribution in [0.3, 0.4) is 0 Å². The molecule has 2 saturated carbocycles. The second kappa shape index (κ2) is 3.59. The van der Waals surface area contributed by atoms with Crippen molar-refractivity contribution in [1.29, 1.82) is 0 Å². The fourth-order valence-electron chi connectivity index (χ4n) is 2.85. The van der Waals surface area contributed by atoms with Gasteiger partial charge in [0.1, 0.15) is 5.78 Å². The highest BCUT2D eigenvalue weighted by atomic mass is 16.1. The molecule has 0 aliphatic heterocycles. The van der Waals surface area contributed by atoms with Crippen LogP contribution in [0.5, 0.6) is 0 Å². The molecule has 0 saturated heterocycles. The Morgan fingerprint density at radius 3 is 2.25 bits per heavy atom. The van der Waals surface area contributed by atoms with Crippen molar-refractivity contribution >= 4 is 5.78 Å². The molecule has 1 heteroatoms. The molecule has 0 heterocycles. The van der Waals surface area contributed by atoms with E-state index in [1.807, 2.05) is 0 Å². The number of hydrogen-bond donors (Lipinski definition) is 0. The minimum absolute atomic E-state index is 0.519. The average molecular weight is 166 g/mol. The summed E-state index contributed by atoms with van der Waals surface area (Å²) < 4.78 is 0. The highest BCUT2D eigenvalue weighted by Crippen LogP contribution is 2.37. The first-order valence-electron chi connectivity index (χ1n) is 5.38. The standard InChI is InChI=1S/C11H18O/c12-11-7-6-10(8-11)9-4-2-1-3-5-9/h9-10H,1-8H2/t10-/m0/s1. The van der Waals surface area contributed by atoms with Gasteiger partial charge in [0, 0.05) is 12.8 Å². The minimum atomic E-state index is 0.519. The van der Waals surface area contributed by atoms with Crippen molar-refractivity contribution in [2.75, 3.05) is 0 Å². The number of carbonyl (C=O) groups excluding carboxylic acids is 1. The molecule has 0 bridgehead atoms. The summed E-state index contributed by atoms with van der Waals surface area (Å²) in [6.45, 7) is 0. The number of carbonyl (C=O) groups is 1. The lowest BCUT2D eigenvalue weighted by molar-refractivity contribution is -0.117. The Morgan fingerprint density at radius 1 is 0.917 bits per heavy atom. The number of hydrogen-bond acceptors (Lipinski definition) is 1. The number of ketones is 1. The van der Waals surface area contributed by atoms with Gasteiger partial charge in [0.25, 0.3) is 0 Å². The molecule has 0 aromatic carbocycles. The van der Waals surface area contributed by atoms with Crippen LogP contribution in [-0.4, -0.2) is 5.78 Å². The predicted molar refractivity (Wildman–Crippen MR) is 48.9 cm³/mol. The van der Waals surface area contributed by atoms with Crippen molar-refractivity contribution in [3.05, 3.63) is 0 Å². The lowest BCUT2D eigenvalue weighted by atomic mass is 9.79. The van der Waals surface area contributed by atoms with Crippen LogP contribution in [0.1, 0.15) is 51.4 Å². The van der Waals surface area contributed by atoms with E-state index in [-0.39, 0.29) is 0 Å². The zero-order valence-corrected chi connectivity index (χ0v) is 7.72. The Hall–Kier alpha value is -0.330. The first-order valence-corrected chi connectivity index (χ1v) is 5.38. The van der Waals surface area contributed by atoms with Gasteiger partial charge in [-0.1, -0.05) is 32.1 Å². The molecule has 0 N–H and O–H groups in total. The van der Waals surface area contributed by atoms with Crippen LogP contribution in [0.25, 0.3) is 0 Å². The van der Waals surface area contributed by atoms with Crippen molar-refractivity contribution in [2.24, 2.45) is 11.8 Å². The van der Waals surface area contributed by atoms with Crippen LogP contribution < -0.4 is 0 Å². The molecule has 0 amide bonds. The third-order valence-electron chi connectivity index (χ3n) is 3.60. The van der Waals surface area contributed by atoms with Gasteiger partial charge in [0.2, 0.25) is 0 Å². The third-order valence-corrected chi connectivity index (χ3v) is 3.60. The molecule has 2 rings (SSSR count). The zero-order chi connectivity index (χ0) is 8.39. The summed E-state index contributed by atoms with van der Waals surface area (Å²) in [7, 11) is 0.